The van der Waals surface area contributed by atoms with Crippen LogP contribution in [0.5, 0.6) is 0 Å². The molecule has 1 aromatic carbocycles. The summed E-state index contributed by atoms with van der Waals surface area (Å²) >= 11 is 12.0. The van der Waals surface area contributed by atoms with E-state index in [9.17, 15) is 4.79 Å². The number of aromatic nitrogens is 2. The van der Waals surface area contributed by atoms with E-state index < -0.39 is 0 Å². The van der Waals surface area contributed by atoms with Crippen LogP contribution in [0.1, 0.15) is 30.8 Å². The molecule has 7 heteroatoms. The number of hydrogen-bond acceptors (Lipinski definition) is 3. The number of hydrogen-bond donors (Lipinski definition) is 1. The predicted octanol–water partition coefficient (Wildman–Crippen LogP) is 3.38. The minimum absolute atomic E-state index is 0.0752. The van der Waals surface area contributed by atoms with Gasteiger partial charge in [-0.1, -0.05) is 37.0 Å². The Labute approximate surface area is 151 Å². The highest BCUT2D eigenvalue weighted by atomic mass is 35.5. The number of nitrogens with two attached hydrogens (primary N) is 1. The second-order valence-corrected chi connectivity index (χ2v) is 7.67. The fourth-order valence-electron chi connectivity index (χ4n) is 2.92. The monoisotopic (exact) mass is 366 g/mol. The highest BCUT2D eigenvalue weighted by Crippen LogP contribution is 2.28. The van der Waals surface area contributed by atoms with Crippen molar-refractivity contribution in [2.45, 2.75) is 26.3 Å². The number of piperidine rings is 1. The molecule has 1 fully saturated rings. The SMILES string of the molecule is CC1(C)CN(C(=O)c2ccn(-c3ccc(Cl)c(Cl)c3)n2)CCC1N. The topological polar surface area (TPSA) is 64.2 Å². The molecule has 24 heavy (non-hydrogen) atoms. The first-order valence-electron chi connectivity index (χ1n) is 7.84. The molecule has 1 saturated heterocycles. The third-order valence-electron chi connectivity index (χ3n) is 4.58. The van der Waals surface area contributed by atoms with Gasteiger partial charge in [-0.25, -0.2) is 4.68 Å². The van der Waals surface area contributed by atoms with Crippen molar-refractivity contribution in [2.75, 3.05) is 13.1 Å². The standard InChI is InChI=1S/C17H20Cl2N4O/c1-17(2)10-22(7-6-15(17)20)16(24)14-5-8-23(21-14)11-3-4-12(18)13(19)9-11/h3-5,8-9,15H,6-7,10,20H2,1-2H3. The maximum atomic E-state index is 12.7. The van der Waals surface area contributed by atoms with Crippen molar-refractivity contribution in [3.63, 3.8) is 0 Å². The zero-order chi connectivity index (χ0) is 17.5. The summed E-state index contributed by atoms with van der Waals surface area (Å²) in [6.07, 6.45) is 2.54. The van der Waals surface area contributed by atoms with E-state index in [1.165, 1.54) is 0 Å². The van der Waals surface area contributed by atoms with Gasteiger partial charge in [0.05, 0.1) is 15.7 Å². The highest BCUT2D eigenvalue weighted by Gasteiger charge is 2.36. The Morgan fingerprint density at radius 2 is 2.04 bits per heavy atom. The zero-order valence-corrected chi connectivity index (χ0v) is 15.2. The van der Waals surface area contributed by atoms with Gasteiger partial charge in [-0.05, 0) is 36.1 Å². The fourth-order valence-corrected chi connectivity index (χ4v) is 3.21. The average Bonchev–Trinajstić information content (AvgIpc) is 3.02. The third kappa shape index (κ3) is 3.29. The van der Waals surface area contributed by atoms with Crippen molar-refractivity contribution in [3.05, 3.63) is 46.2 Å². The molecular weight excluding hydrogens is 347 g/mol. The number of benzene rings is 1. The van der Waals surface area contributed by atoms with Gasteiger partial charge in [0.2, 0.25) is 0 Å². The Morgan fingerprint density at radius 1 is 1.29 bits per heavy atom. The molecule has 0 aliphatic carbocycles. The molecule has 1 aromatic heterocycles. The van der Waals surface area contributed by atoms with Crippen molar-refractivity contribution in [1.82, 2.24) is 14.7 Å². The second kappa shape index (κ2) is 6.39. The number of nitrogens with zero attached hydrogens (tertiary/aromatic N) is 3. The third-order valence-corrected chi connectivity index (χ3v) is 5.31. The number of likely N-dealkylation sites (tertiary alicyclic amines) is 1. The quantitative estimate of drug-likeness (QED) is 0.885. The smallest absolute Gasteiger partial charge is 0.274 e. The molecule has 1 aliphatic heterocycles. The van der Waals surface area contributed by atoms with E-state index in [0.29, 0.717) is 28.8 Å². The average molecular weight is 367 g/mol. The molecule has 1 atom stereocenters. The fraction of sp³-hybridized carbons (Fsp3) is 0.412. The summed E-state index contributed by atoms with van der Waals surface area (Å²) in [6, 6.07) is 7.05. The van der Waals surface area contributed by atoms with E-state index in [0.717, 1.165) is 12.1 Å². The Balaban J connectivity index is 1.80. The van der Waals surface area contributed by atoms with E-state index in [1.807, 2.05) is 4.90 Å². The van der Waals surface area contributed by atoms with Crippen LogP contribution in [0.3, 0.4) is 0 Å². The first kappa shape index (κ1) is 17.3. The number of amides is 1. The molecule has 0 radical (unpaired) electrons. The van der Waals surface area contributed by atoms with Gasteiger partial charge in [-0.2, -0.15) is 5.10 Å². The number of halogens is 2. The lowest BCUT2D eigenvalue weighted by molar-refractivity contribution is 0.0527. The van der Waals surface area contributed by atoms with Crippen molar-refractivity contribution in [2.24, 2.45) is 11.1 Å². The normalized spacial score (nSPS) is 20.2. The highest BCUT2D eigenvalue weighted by molar-refractivity contribution is 6.42. The van der Waals surface area contributed by atoms with Crippen LogP contribution in [0.2, 0.25) is 10.0 Å². The first-order valence-corrected chi connectivity index (χ1v) is 8.59. The predicted molar refractivity (Wildman–Crippen MR) is 95.9 cm³/mol. The van der Waals surface area contributed by atoms with Gasteiger partial charge in [0.1, 0.15) is 0 Å². The van der Waals surface area contributed by atoms with E-state index in [-0.39, 0.29) is 17.4 Å². The van der Waals surface area contributed by atoms with Crippen LogP contribution in [0, 0.1) is 5.41 Å². The zero-order valence-electron chi connectivity index (χ0n) is 13.7. The van der Waals surface area contributed by atoms with Crippen LogP contribution in [0.4, 0.5) is 0 Å². The van der Waals surface area contributed by atoms with Crippen LogP contribution in [-0.2, 0) is 0 Å². The van der Waals surface area contributed by atoms with Gasteiger partial charge in [0, 0.05) is 25.3 Å². The molecule has 2 N–H and O–H groups in total. The Kier molecular flexibility index (Phi) is 4.60. The molecule has 128 valence electrons. The Hall–Kier alpha value is -1.56. The summed E-state index contributed by atoms with van der Waals surface area (Å²) in [6.45, 7) is 5.46. The summed E-state index contributed by atoms with van der Waals surface area (Å²) < 4.78 is 1.62. The van der Waals surface area contributed by atoms with Crippen LogP contribution in [0.15, 0.2) is 30.5 Å². The molecule has 2 aromatic rings. The van der Waals surface area contributed by atoms with Crippen LogP contribution >= 0.6 is 23.2 Å². The molecule has 5 nitrogen and oxygen atoms in total. The maximum Gasteiger partial charge on any atom is 0.274 e. The molecule has 0 bridgehead atoms. The van der Waals surface area contributed by atoms with Gasteiger partial charge in [-0.3, -0.25) is 4.79 Å². The molecule has 2 heterocycles. The minimum Gasteiger partial charge on any atom is -0.337 e. The van der Waals surface area contributed by atoms with Gasteiger partial charge >= 0.3 is 0 Å². The maximum absolute atomic E-state index is 12.7. The molecular formula is C17H20Cl2N4O. The molecule has 1 aliphatic rings. The van der Waals surface area contributed by atoms with E-state index in [2.05, 4.69) is 18.9 Å². The Bertz CT molecular complexity index is 772. The number of carbonyl (C=O) groups is 1. The van der Waals surface area contributed by atoms with E-state index in [4.69, 9.17) is 28.9 Å². The summed E-state index contributed by atoms with van der Waals surface area (Å²) in [7, 11) is 0. The van der Waals surface area contributed by atoms with E-state index >= 15 is 0 Å². The molecule has 3 rings (SSSR count). The van der Waals surface area contributed by atoms with Crippen molar-refractivity contribution >= 4 is 29.1 Å². The lowest BCUT2D eigenvalue weighted by Gasteiger charge is -2.42. The summed E-state index contributed by atoms with van der Waals surface area (Å²) in [4.78, 5) is 14.5. The largest absolute Gasteiger partial charge is 0.337 e. The minimum atomic E-state index is -0.0970. The molecule has 0 spiro atoms. The van der Waals surface area contributed by atoms with Crippen LogP contribution < -0.4 is 5.73 Å². The summed E-state index contributed by atoms with van der Waals surface area (Å²) in [5.74, 6) is -0.0752. The van der Waals surface area contributed by atoms with Crippen molar-refractivity contribution in [3.8, 4) is 5.69 Å². The van der Waals surface area contributed by atoms with Crippen LogP contribution in [0.25, 0.3) is 5.69 Å². The van der Waals surface area contributed by atoms with Gasteiger partial charge < -0.3 is 10.6 Å². The van der Waals surface area contributed by atoms with Gasteiger partial charge in [0.15, 0.2) is 5.69 Å². The molecule has 1 amide bonds. The number of carbonyl (C=O) groups excluding carboxylic acids is 1. The molecule has 1 unspecified atom stereocenters. The van der Waals surface area contributed by atoms with Gasteiger partial charge in [0.25, 0.3) is 5.91 Å². The molecule has 0 saturated carbocycles. The second-order valence-electron chi connectivity index (χ2n) is 6.85. The lowest BCUT2D eigenvalue weighted by atomic mass is 9.79. The number of rotatable bonds is 2. The Morgan fingerprint density at radius 3 is 2.71 bits per heavy atom. The first-order chi connectivity index (χ1) is 11.3. The van der Waals surface area contributed by atoms with Gasteiger partial charge in [-0.15, -0.1) is 0 Å². The lowest BCUT2D eigenvalue weighted by Crippen LogP contribution is -2.54. The summed E-state index contributed by atoms with van der Waals surface area (Å²) in [5, 5.41) is 5.32. The van der Waals surface area contributed by atoms with Crippen molar-refractivity contribution < 1.29 is 4.79 Å². The van der Waals surface area contributed by atoms with Crippen LogP contribution in [-0.4, -0.2) is 39.7 Å². The summed E-state index contributed by atoms with van der Waals surface area (Å²) in [5.41, 5.74) is 7.21. The van der Waals surface area contributed by atoms with Crippen molar-refractivity contribution in [1.29, 1.82) is 0 Å². The van der Waals surface area contributed by atoms with E-state index in [1.54, 1.807) is 35.1 Å².